The summed E-state index contributed by atoms with van der Waals surface area (Å²) in [6.07, 6.45) is 2.48. The smallest absolute Gasteiger partial charge is 0.119 e. The van der Waals surface area contributed by atoms with Crippen LogP contribution in [0.4, 0.5) is 5.69 Å². The number of hydrogen-bond donors (Lipinski definition) is 1. The summed E-state index contributed by atoms with van der Waals surface area (Å²) in [6.45, 7) is 6.76. The number of ether oxygens (including phenoxy) is 1. The Morgan fingerprint density at radius 2 is 1.69 bits per heavy atom. The van der Waals surface area contributed by atoms with Crippen molar-refractivity contribution >= 4 is 5.69 Å². The largest absolute Gasteiger partial charge is 0.497 e. The van der Waals surface area contributed by atoms with Crippen LogP contribution in [0.25, 0.3) is 0 Å². The minimum atomic E-state index is 0.524. The van der Waals surface area contributed by atoms with Gasteiger partial charge in [0.15, 0.2) is 0 Å². The average Bonchev–Trinajstić information content (AvgIpc) is 2.27. The molecule has 0 aliphatic heterocycles. The zero-order chi connectivity index (χ0) is 12.0. The van der Waals surface area contributed by atoms with Crippen LogP contribution in [-0.4, -0.2) is 13.2 Å². The van der Waals surface area contributed by atoms with Crippen LogP contribution in [0.5, 0.6) is 5.75 Å². The van der Waals surface area contributed by atoms with Crippen LogP contribution in [0, 0.1) is 5.92 Å². The molecule has 0 radical (unpaired) electrons. The fourth-order valence-corrected chi connectivity index (χ4v) is 1.63. The lowest BCUT2D eigenvalue weighted by Crippen LogP contribution is -2.15. The maximum absolute atomic E-state index is 5.13. The van der Waals surface area contributed by atoms with Crippen LogP contribution in [0.2, 0.25) is 0 Å². The average molecular weight is 221 g/mol. The molecule has 0 saturated carbocycles. The summed E-state index contributed by atoms with van der Waals surface area (Å²) < 4.78 is 5.13. The maximum Gasteiger partial charge on any atom is 0.119 e. The summed E-state index contributed by atoms with van der Waals surface area (Å²) >= 11 is 0. The van der Waals surface area contributed by atoms with Crippen LogP contribution in [0.15, 0.2) is 24.3 Å². The molecule has 0 fully saturated rings. The summed E-state index contributed by atoms with van der Waals surface area (Å²) in [6, 6.07) is 8.61. The predicted molar refractivity (Wildman–Crippen MR) is 70.2 cm³/mol. The molecule has 16 heavy (non-hydrogen) atoms. The Kier molecular flexibility index (Phi) is 5.17. The standard InChI is InChI=1S/C14H23NO/c1-11(2)5-6-12(3)15-13-7-9-14(16-4)10-8-13/h7-12,15H,5-6H2,1-4H3/t12-/m0/s1. The second kappa shape index (κ2) is 6.41. The highest BCUT2D eigenvalue weighted by atomic mass is 16.5. The van der Waals surface area contributed by atoms with E-state index in [2.05, 4.69) is 38.2 Å². The number of anilines is 1. The second-order valence-corrected chi connectivity index (χ2v) is 4.75. The van der Waals surface area contributed by atoms with Crippen molar-refractivity contribution in [1.29, 1.82) is 0 Å². The molecule has 0 aliphatic rings. The molecular formula is C14H23NO. The number of hydrogen-bond acceptors (Lipinski definition) is 2. The van der Waals surface area contributed by atoms with E-state index in [4.69, 9.17) is 4.74 Å². The van der Waals surface area contributed by atoms with E-state index in [9.17, 15) is 0 Å². The third-order valence-corrected chi connectivity index (χ3v) is 2.68. The molecule has 1 rings (SSSR count). The molecule has 1 atom stereocenters. The highest BCUT2D eigenvalue weighted by Crippen LogP contribution is 2.17. The predicted octanol–water partition coefficient (Wildman–Crippen LogP) is 3.93. The van der Waals surface area contributed by atoms with E-state index >= 15 is 0 Å². The van der Waals surface area contributed by atoms with Crippen LogP contribution in [0.3, 0.4) is 0 Å². The minimum absolute atomic E-state index is 0.524. The van der Waals surface area contributed by atoms with E-state index in [0.29, 0.717) is 6.04 Å². The number of methoxy groups -OCH3 is 1. The summed E-state index contributed by atoms with van der Waals surface area (Å²) in [5.74, 6) is 1.68. The van der Waals surface area contributed by atoms with Gasteiger partial charge in [0.05, 0.1) is 7.11 Å². The van der Waals surface area contributed by atoms with Gasteiger partial charge in [-0.3, -0.25) is 0 Å². The number of benzene rings is 1. The Bertz CT molecular complexity index is 292. The van der Waals surface area contributed by atoms with Gasteiger partial charge in [-0.1, -0.05) is 13.8 Å². The molecule has 0 spiro atoms. The van der Waals surface area contributed by atoms with Crippen LogP contribution >= 0.6 is 0 Å². The van der Waals surface area contributed by atoms with E-state index in [-0.39, 0.29) is 0 Å². The van der Waals surface area contributed by atoms with Crippen molar-refractivity contribution in [2.24, 2.45) is 5.92 Å². The monoisotopic (exact) mass is 221 g/mol. The lowest BCUT2D eigenvalue weighted by Gasteiger charge is -2.16. The van der Waals surface area contributed by atoms with Gasteiger partial charge in [-0.2, -0.15) is 0 Å². The summed E-state index contributed by atoms with van der Waals surface area (Å²) in [7, 11) is 1.69. The van der Waals surface area contributed by atoms with E-state index in [1.807, 2.05) is 12.1 Å². The van der Waals surface area contributed by atoms with Gasteiger partial charge >= 0.3 is 0 Å². The number of rotatable bonds is 6. The third-order valence-electron chi connectivity index (χ3n) is 2.68. The van der Waals surface area contributed by atoms with Gasteiger partial charge in [0, 0.05) is 11.7 Å². The SMILES string of the molecule is COc1ccc(N[C@@H](C)CCC(C)C)cc1. The summed E-state index contributed by atoms with van der Waals surface area (Å²) in [5, 5.41) is 3.49. The first kappa shape index (κ1) is 12.9. The Hall–Kier alpha value is -1.18. The summed E-state index contributed by atoms with van der Waals surface area (Å²) in [5.41, 5.74) is 1.16. The van der Waals surface area contributed by atoms with Crippen molar-refractivity contribution in [3.63, 3.8) is 0 Å². The van der Waals surface area contributed by atoms with Crippen LogP contribution < -0.4 is 10.1 Å². The molecule has 0 heterocycles. The van der Waals surface area contributed by atoms with Crippen molar-refractivity contribution in [1.82, 2.24) is 0 Å². The van der Waals surface area contributed by atoms with Crippen molar-refractivity contribution in [3.8, 4) is 5.75 Å². The van der Waals surface area contributed by atoms with Crippen LogP contribution in [-0.2, 0) is 0 Å². The van der Waals surface area contributed by atoms with Gasteiger partial charge in [0.2, 0.25) is 0 Å². The Morgan fingerprint density at radius 1 is 1.06 bits per heavy atom. The molecule has 1 N–H and O–H groups in total. The molecule has 0 unspecified atom stereocenters. The van der Waals surface area contributed by atoms with Crippen molar-refractivity contribution in [2.75, 3.05) is 12.4 Å². The molecule has 2 nitrogen and oxygen atoms in total. The third kappa shape index (κ3) is 4.56. The number of nitrogens with one attached hydrogen (secondary N) is 1. The molecule has 0 bridgehead atoms. The first-order valence-electron chi connectivity index (χ1n) is 6.02. The van der Waals surface area contributed by atoms with Crippen molar-refractivity contribution < 1.29 is 4.74 Å². The minimum Gasteiger partial charge on any atom is -0.497 e. The fourth-order valence-electron chi connectivity index (χ4n) is 1.63. The molecule has 1 aromatic carbocycles. The van der Waals surface area contributed by atoms with E-state index in [1.165, 1.54) is 12.8 Å². The topological polar surface area (TPSA) is 21.3 Å². The molecular weight excluding hydrogens is 198 g/mol. The Balaban J connectivity index is 2.40. The zero-order valence-electron chi connectivity index (χ0n) is 10.8. The van der Waals surface area contributed by atoms with Gasteiger partial charge in [-0.05, 0) is 49.9 Å². The van der Waals surface area contributed by atoms with Gasteiger partial charge in [0.25, 0.3) is 0 Å². The molecule has 0 amide bonds. The molecule has 0 aromatic heterocycles. The quantitative estimate of drug-likeness (QED) is 0.785. The van der Waals surface area contributed by atoms with E-state index < -0.39 is 0 Å². The highest BCUT2D eigenvalue weighted by molar-refractivity contribution is 5.46. The van der Waals surface area contributed by atoms with E-state index in [0.717, 1.165) is 17.4 Å². The lowest BCUT2D eigenvalue weighted by molar-refractivity contribution is 0.415. The molecule has 90 valence electrons. The van der Waals surface area contributed by atoms with Gasteiger partial charge in [-0.25, -0.2) is 0 Å². The Morgan fingerprint density at radius 3 is 2.19 bits per heavy atom. The normalized spacial score (nSPS) is 12.6. The second-order valence-electron chi connectivity index (χ2n) is 4.75. The first-order chi connectivity index (χ1) is 7.61. The van der Waals surface area contributed by atoms with E-state index in [1.54, 1.807) is 7.11 Å². The maximum atomic E-state index is 5.13. The molecule has 1 aromatic rings. The Labute approximate surface area is 99.0 Å². The van der Waals surface area contributed by atoms with Gasteiger partial charge in [-0.15, -0.1) is 0 Å². The lowest BCUT2D eigenvalue weighted by atomic mass is 10.0. The zero-order valence-corrected chi connectivity index (χ0v) is 10.8. The summed E-state index contributed by atoms with van der Waals surface area (Å²) in [4.78, 5) is 0. The first-order valence-corrected chi connectivity index (χ1v) is 6.02. The van der Waals surface area contributed by atoms with Crippen LogP contribution in [0.1, 0.15) is 33.6 Å². The molecule has 0 aliphatic carbocycles. The van der Waals surface area contributed by atoms with Gasteiger partial charge in [0.1, 0.15) is 5.75 Å². The fraction of sp³-hybridized carbons (Fsp3) is 0.571. The highest BCUT2D eigenvalue weighted by Gasteiger charge is 2.03. The molecule has 2 heteroatoms. The van der Waals surface area contributed by atoms with Crippen molar-refractivity contribution in [3.05, 3.63) is 24.3 Å². The molecule has 0 saturated heterocycles. The van der Waals surface area contributed by atoms with Gasteiger partial charge < -0.3 is 10.1 Å². The van der Waals surface area contributed by atoms with Crippen molar-refractivity contribution in [2.45, 2.75) is 39.7 Å².